The van der Waals surface area contributed by atoms with Crippen molar-refractivity contribution in [3.05, 3.63) is 59.6 Å². The van der Waals surface area contributed by atoms with Crippen LogP contribution in [0.4, 0.5) is 0 Å². The van der Waals surface area contributed by atoms with Crippen LogP contribution in [0.15, 0.2) is 54.1 Å². The summed E-state index contributed by atoms with van der Waals surface area (Å²) in [5.74, 6) is 0.475. The van der Waals surface area contributed by atoms with E-state index in [2.05, 4.69) is 53.1 Å². The van der Waals surface area contributed by atoms with Gasteiger partial charge >= 0.3 is 0 Å². The molecule has 3 heteroatoms. The highest BCUT2D eigenvalue weighted by Gasteiger charge is 2.27. The Balaban J connectivity index is 1.75. The topological polar surface area (TPSA) is 26.7 Å². The number of aliphatic hydroxyl groups excluding tert-OH is 1. The van der Waals surface area contributed by atoms with Gasteiger partial charge in [0, 0.05) is 44.0 Å². The number of hydrogen-bond donors (Lipinski definition) is 1. The number of piperazine rings is 1. The number of rotatable bonds is 5. The molecule has 0 saturated carbocycles. The van der Waals surface area contributed by atoms with E-state index in [1.807, 2.05) is 6.20 Å². The Labute approximate surface area is 133 Å². The van der Waals surface area contributed by atoms with Gasteiger partial charge in [-0.05, 0) is 12.0 Å². The molecule has 3 nitrogen and oxygen atoms in total. The first kappa shape index (κ1) is 15.2. The molecule has 0 radical (unpaired) electrons. The lowest BCUT2D eigenvalue weighted by Crippen LogP contribution is -2.45. The minimum Gasteiger partial charge on any atom is -0.510 e. The second kappa shape index (κ2) is 7.01. The molecular formula is C19H26N2O. The van der Waals surface area contributed by atoms with Crippen LogP contribution >= 0.6 is 0 Å². The van der Waals surface area contributed by atoms with E-state index in [4.69, 9.17) is 0 Å². The zero-order valence-electron chi connectivity index (χ0n) is 13.4. The van der Waals surface area contributed by atoms with E-state index in [-0.39, 0.29) is 0 Å². The molecule has 22 heavy (non-hydrogen) atoms. The van der Waals surface area contributed by atoms with Crippen molar-refractivity contribution >= 4 is 0 Å². The van der Waals surface area contributed by atoms with Gasteiger partial charge in [-0.2, -0.15) is 0 Å². The highest BCUT2D eigenvalue weighted by molar-refractivity contribution is 5.23. The van der Waals surface area contributed by atoms with Gasteiger partial charge in [-0.3, -0.25) is 4.90 Å². The van der Waals surface area contributed by atoms with Crippen molar-refractivity contribution in [1.29, 1.82) is 0 Å². The van der Waals surface area contributed by atoms with Gasteiger partial charge in [0.05, 0.1) is 0 Å². The zero-order valence-corrected chi connectivity index (χ0v) is 13.4. The minimum absolute atomic E-state index is 0.475. The standard InChI is InChI=1S/C19H26N2O/c1-2-3-9-19(16-7-5-4-6-8-16)21-13-12-20-15-18(22)11-10-17(20)14-21/h4-8,10,15,19,22H,2-3,9,11-14H2,1H3. The lowest BCUT2D eigenvalue weighted by molar-refractivity contribution is 0.140. The molecule has 2 aliphatic heterocycles. The Kier molecular flexibility index (Phi) is 4.84. The van der Waals surface area contributed by atoms with Crippen molar-refractivity contribution in [3.63, 3.8) is 0 Å². The Hall–Kier alpha value is -1.74. The van der Waals surface area contributed by atoms with Crippen LogP contribution in [0.2, 0.25) is 0 Å². The number of benzene rings is 1. The second-order valence-corrected chi connectivity index (χ2v) is 6.25. The van der Waals surface area contributed by atoms with Crippen LogP contribution in [0.1, 0.15) is 44.2 Å². The molecule has 1 saturated heterocycles. The third-order valence-corrected chi connectivity index (χ3v) is 4.67. The summed E-state index contributed by atoms with van der Waals surface area (Å²) in [6.45, 7) is 5.25. The van der Waals surface area contributed by atoms with E-state index >= 15 is 0 Å². The van der Waals surface area contributed by atoms with Crippen LogP contribution < -0.4 is 0 Å². The molecule has 2 aliphatic rings. The maximum atomic E-state index is 9.68. The van der Waals surface area contributed by atoms with Crippen LogP contribution in [0.25, 0.3) is 0 Å². The Bertz CT molecular complexity index is 550. The highest BCUT2D eigenvalue weighted by Crippen LogP contribution is 2.31. The van der Waals surface area contributed by atoms with E-state index < -0.39 is 0 Å². The number of aliphatic hydroxyl groups is 1. The SMILES string of the molecule is CCCCC(c1ccccc1)N1CCN2C=C(O)CC=C2C1. The molecule has 1 atom stereocenters. The quantitative estimate of drug-likeness (QED) is 0.881. The molecule has 1 aromatic carbocycles. The third kappa shape index (κ3) is 3.36. The number of nitrogens with zero attached hydrogens (tertiary/aromatic N) is 2. The molecule has 0 aromatic heterocycles. The lowest BCUT2D eigenvalue weighted by atomic mass is 9.98. The van der Waals surface area contributed by atoms with Gasteiger partial charge in [0.25, 0.3) is 0 Å². The Morgan fingerprint density at radius 2 is 2.00 bits per heavy atom. The molecule has 1 unspecified atom stereocenters. The number of fused-ring (bicyclic) bond motifs is 1. The number of hydrogen-bond acceptors (Lipinski definition) is 3. The number of allylic oxidation sites excluding steroid dienone is 1. The van der Waals surface area contributed by atoms with Gasteiger partial charge in [0.2, 0.25) is 0 Å². The van der Waals surface area contributed by atoms with Gasteiger partial charge in [0.15, 0.2) is 0 Å². The Morgan fingerprint density at radius 1 is 1.18 bits per heavy atom. The summed E-state index contributed by atoms with van der Waals surface area (Å²) in [5, 5.41) is 9.68. The maximum Gasteiger partial charge on any atom is 0.112 e. The summed E-state index contributed by atoms with van der Waals surface area (Å²) in [6, 6.07) is 11.4. The summed E-state index contributed by atoms with van der Waals surface area (Å²) in [7, 11) is 0. The van der Waals surface area contributed by atoms with E-state index in [0.29, 0.717) is 18.2 Å². The molecule has 118 valence electrons. The smallest absolute Gasteiger partial charge is 0.112 e. The van der Waals surface area contributed by atoms with E-state index in [1.165, 1.54) is 30.5 Å². The molecule has 0 amide bonds. The highest BCUT2D eigenvalue weighted by atomic mass is 16.3. The predicted octanol–water partition coefficient (Wildman–Crippen LogP) is 4.22. The molecule has 2 heterocycles. The fraction of sp³-hybridized carbons (Fsp3) is 0.474. The lowest BCUT2D eigenvalue weighted by Gasteiger charge is -2.42. The average molecular weight is 298 g/mol. The molecule has 1 aromatic rings. The van der Waals surface area contributed by atoms with Gasteiger partial charge in [0.1, 0.15) is 5.76 Å². The zero-order chi connectivity index (χ0) is 15.4. The van der Waals surface area contributed by atoms with Gasteiger partial charge in [-0.15, -0.1) is 0 Å². The van der Waals surface area contributed by atoms with Crippen LogP contribution in [0.3, 0.4) is 0 Å². The molecule has 0 spiro atoms. The van der Waals surface area contributed by atoms with Crippen molar-refractivity contribution in [1.82, 2.24) is 9.80 Å². The van der Waals surface area contributed by atoms with Crippen LogP contribution in [-0.4, -0.2) is 34.5 Å². The van der Waals surface area contributed by atoms with Crippen LogP contribution in [-0.2, 0) is 0 Å². The summed E-state index contributed by atoms with van der Waals surface area (Å²) in [6.07, 6.45) is 8.46. The minimum atomic E-state index is 0.475. The third-order valence-electron chi connectivity index (χ3n) is 4.67. The summed E-state index contributed by atoms with van der Waals surface area (Å²) in [4.78, 5) is 4.81. The first-order valence-corrected chi connectivity index (χ1v) is 8.42. The van der Waals surface area contributed by atoms with Gasteiger partial charge in [-0.25, -0.2) is 0 Å². The summed E-state index contributed by atoms with van der Waals surface area (Å²) >= 11 is 0. The average Bonchev–Trinajstić information content (AvgIpc) is 2.56. The molecule has 3 rings (SSSR count). The van der Waals surface area contributed by atoms with E-state index in [1.54, 1.807) is 0 Å². The molecule has 1 N–H and O–H groups in total. The molecule has 1 fully saturated rings. The first-order valence-electron chi connectivity index (χ1n) is 8.42. The fourth-order valence-corrected chi connectivity index (χ4v) is 3.44. The molecule has 0 aliphatic carbocycles. The fourth-order valence-electron chi connectivity index (χ4n) is 3.44. The Morgan fingerprint density at radius 3 is 2.77 bits per heavy atom. The largest absolute Gasteiger partial charge is 0.510 e. The van der Waals surface area contributed by atoms with Crippen molar-refractivity contribution in [2.75, 3.05) is 19.6 Å². The second-order valence-electron chi connectivity index (χ2n) is 6.25. The molecular weight excluding hydrogens is 272 g/mol. The summed E-state index contributed by atoms with van der Waals surface area (Å²) < 4.78 is 0. The van der Waals surface area contributed by atoms with Crippen molar-refractivity contribution < 1.29 is 5.11 Å². The van der Waals surface area contributed by atoms with Gasteiger partial charge < -0.3 is 10.0 Å². The van der Waals surface area contributed by atoms with Crippen LogP contribution in [0, 0.1) is 0 Å². The first-order chi connectivity index (χ1) is 10.8. The van der Waals surface area contributed by atoms with Crippen molar-refractivity contribution in [3.8, 4) is 0 Å². The number of unbranched alkanes of at least 4 members (excludes halogenated alkanes) is 1. The van der Waals surface area contributed by atoms with Gasteiger partial charge in [-0.1, -0.05) is 56.2 Å². The normalized spacial score (nSPS) is 20.1. The monoisotopic (exact) mass is 298 g/mol. The van der Waals surface area contributed by atoms with Crippen molar-refractivity contribution in [2.24, 2.45) is 0 Å². The van der Waals surface area contributed by atoms with Crippen LogP contribution in [0.5, 0.6) is 0 Å². The predicted molar refractivity (Wildman–Crippen MR) is 90.4 cm³/mol. The summed E-state index contributed by atoms with van der Waals surface area (Å²) in [5.41, 5.74) is 2.76. The molecule has 0 bridgehead atoms. The maximum absolute atomic E-state index is 9.68. The van der Waals surface area contributed by atoms with E-state index in [9.17, 15) is 5.11 Å². The van der Waals surface area contributed by atoms with Crippen molar-refractivity contribution in [2.45, 2.75) is 38.6 Å². The van der Waals surface area contributed by atoms with E-state index in [0.717, 1.165) is 19.6 Å².